The maximum atomic E-state index is 13.0. The summed E-state index contributed by atoms with van der Waals surface area (Å²) in [6.45, 7) is 0. The predicted molar refractivity (Wildman–Crippen MR) is 61.6 cm³/mol. The molecule has 0 amide bonds. The Kier molecular flexibility index (Phi) is 3.33. The van der Waals surface area contributed by atoms with Crippen LogP contribution in [0.1, 0.15) is 0 Å². The number of aromatic nitrogens is 1. The first-order valence-corrected chi connectivity index (χ1v) is 4.94. The van der Waals surface area contributed by atoms with Gasteiger partial charge in [-0.05, 0) is 6.07 Å². The number of hydrogen-bond donors (Lipinski definition) is 3. The van der Waals surface area contributed by atoms with Gasteiger partial charge in [0.1, 0.15) is 5.82 Å². The smallest absolute Gasteiger partial charge is 0.194 e. The van der Waals surface area contributed by atoms with E-state index in [-0.39, 0.29) is 5.69 Å². The van der Waals surface area contributed by atoms with E-state index in [0.717, 1.165) is 12.1 Å². The molecule has 0 bridgehead atoms. The number of benzene rings is 1. The minimum absolute atomic E-state index is 0.0839. The van der Waals surface area contributed by atoms with E-state index in [9.17, 15) is 13.2 Å². The summed E-state index contributed by atoms with van der Waals surface area (Å²) in [6, 6.07) is 4.81. The highest BCUT2D eigenvalue weighted by Gasteiger charge is 2.10. The second-order valence-corrected chi connectivity index (χ2v) is 3.45. The van der Waals surface area contributed by atoms with Crippen molar-refractivity contribution in [3.63, 3.8) is 0 Å². The van der Waals surface area contributed by atoms with Gasteiger partial charge in [-0.3, -0.25) is 0 Å². The average Bonchev–Trinajstić information content (AvgIpc) is 2.36. The molecule has 0 saturated carbocycles. The maximum Gasteiger partial charge on any atom is 0.194 e. The van der Waals surface area contributed by atoms with Gasteiger partial charge in [0.25, 0.3) is 0 Å². The van der Waals surface area contributed by atoms with Crippen molar-refractivity contribution in [1.82, 2.24) is 4.98 Å². The highest BCUT2D eigenvalue weighted by Crippen LogP contribution is 2.22. The number of hydrazine groups is 1. The van der Waals surface area contributed by atoms with E-state index in [2.05, 4.69) is 15.7 Å². The SMILES string of the molecule is NNc1cc(Nc2cc(F)c(F)c(F)c2)ccn1. The lowest BCUT2D eigenvalue weighted by atomic mass is 10.2. The molecular formula is C11H9F3N4. The lowest BCUT2D eigenvalue weighted by molar-refractivity contribution is 0.448. The number of nitrogens with one attached hydrogen (secondary N) is 2. The fraction of sp³-hybridized carbons (Fsp3) is 0. The van der Waals surface area contributed by atoms with Crippen LogP contribution in [0, 0.1) is 17.5 Å². The van der Waals surface area contributed by atoms with Crippen LogP contribution >= 0.6 is 0 Å². The first-order valence-electron chi connectivity index (χ1n) is 4.94. The molecule has 4 nitrogen and oxygen atoms in total. The Morgan fingerprint density at radius 3 is 2.28 bits per heavy atom. The van der Waals surface area contributed by atoms with Crippen LogP contribution in [-0.4, -0.2) is 4.98 Å². The van der Waals surface area contributed by atoms with E-state index in [1.54, 1.807) is 6.07 Å². The molecule has 4 N–H and O–H groups in total. The molecule has 7 heteroatoms. The van der Waals surface area contributed by atoms with E-state index in [1.807, 2.05) is 0 Å². The summed E-state index contributed by atoms with van der Waals surface area (Å²) in [5.74, 6) is 1.53. The molecule has 0 atom stereocenters. The Hall–Kier alpha value is -2.28. The second-order valence-electron chi connectivity index (χ2n) is 3.45. The largest absolute Gasteiger partial charge is 0.355 e. The highest BCUT2D eigenvalue weighted by atomic mass is 19.2. The number of anilines is 3. The van der Waals surface area contributed by atoms with E-state index in [4.69, 9.17) is 5.84 Å². The predicted octanol–water partition coefficient (Wildman–Crippen LogP) is 2.53. The van der Waals surface area contributed by atoms with Crippen molar-refractivity contribution < 1.29 is 13.2 Å². The molecule has 0 aliphatic heterocycles. The molecule has 1 heterocycles. The number of nitrogen functional groups attached to an aromatic ring is 1. The third-order valence-corrected chi connectivity index (χ3v) is 2.18. The van der Waals surface area contributed by atoms with E-state index >= 15 is 0 Å². The van der Waals surface area contributed by atoms with Gasteiger partial charge in [-0.1, -0.05) is 0 Å². The van der Waals surface area contributed by atoms with Gasteiger partial charge >= 0.3 is 0 Å². The molecule has 0 unspecified atom stereocenters. The molecular weight excluding hydrogens is 245 g/mol. The molecule has 0 fully saturated rings. The molecule has 18 heavy (non-hydrogen) atoms. The third-order valence-electron chi connectivity index (χ3n) is 2.18. The van der Waals surface area contributed by atoms with Crippen LogP contribution in [0.15, 0.2) is 30.5 Å². The summed E-state index contributed by atoms with van der Waals surface area (Å²) in [5, 5.41) is 2.71. The lowest BCUT2D eigenvalue weighted by Gasteiger charge is -2.08. The Labute approximate surface area is 101 Å². The molecule has 0 saturated heterocycles. The maximum absolute atomic E-state index is 13.0. The molecule has 2 aromatic rings. The fourth-order valence-corrected chi connectivity index (χ4v) is 1.38. The molecule has 0 spiro atoms. The highest BCUT2D eigenvalue weighted by molar-refractivity contribution is 5.62. The van der Waals surface area contributed by atoms with Crippen molar-refractivity contribution >= 4 is 17.2 Å². The number of nitrogens with two attached hydrogens (primary N) is 1. The molecule has 2 rings (SSSR count). The summed E-state index contributed by atoms with van der Waals surface area (Å²) in [6.07, 6.45) is 1.45. The van der Waals surface area contributed by atoms with Crippen molar-refractivity contribution in [2.45, 2.75) is 0 Å². The quantitative estimate of drug-likeness (QED) is 0.447. The Morgan fingerprint density at radius 2 is 1.67 bits per heavy atom. The number of pyridine rings is 1. The first-order chi connectivity index (χ1) is 8.60. The monoisotopic (exact) mass is 254 g/mol. The molecule has 0 aliphatic rings. The molecule has 1 aromatic heterocycles. The van der Waals surface area contributed by atoms with Crippen molar-refractivity contribution in [3.8, 4) is 0 Å². The van der Waals surface area contributed by atoms with Gasteiger partial charge in [0.15, 0.2) is 17.5 Å². The third kappa shape index (κ3) is 2.51. The number of nitrogens with zero attached hydrogens (tertiary/aromatic N) is 1. The number of hydrogen-bond acceptors (Lipinski definition) is 4. The number of rotatable bonds is 3. The van der Waals surface area contributed by atoms with Gasteiger partial charge in [-0.2, -0.15) is 0 Å². The van der Waals surface area contributed by atoms with Crippen molar-refractivity contribution in [2.24, 2.45) is 5.84 Å². The van der Waals surface area contributed by atoms with Gasteiger partial charge in [0, 0.05) is 35.8 Å². The van der Waals surface area contributed by atoms with Crippen LogP contribution < -0.4 is 16.6 Å². The normalized spacial score (nSPS) is 10.2. The Morgan fingerprint density at radius 1 is 1.00 bits per heavy atom. The van der Waals surface area contributed by atoms with Gasteiger partial charge in [0.2, 0.25) is 0 Å². The zero-order chi connectivity index (χ0) is 13.1. The average molecular weight is 254 g/mol. The Balaban J connectivity index is 2.28. The standard InChI is InChI=1S/C11H9F3N4/c12-8-3-7(4-9(13)11(8)14)17-6-1-2-16-10(5-6)18-15/h1-5H,15H2,(H2,16,17,18). The van der Waals surface area contributed by atoms with Crippen LogP contribution in [0.5, 0.6) is 0 Å². The van der Waals surface area contributed by atoms with Gasteiger partial charge in [-0.25, -0.2) is 24.0 Å². The van der Waals surface area contributed by atoms with E-state index < -0.39 is 17.5 Å². The van der Waals surface area contributed by atoms with Crippen LogP contribution in [0.2, 0.25) is 0 Å². The fourth-order valence-electron chi connectivity index (χ4n) is 1.38. The topological polar surface area (TPSA) is 63.0 Å². The number of halogens is 3. The van der Waals surface area contributed by atoms with Crippen LogP contribution in [0.4, 0.5) is 30.4 Å². The van der Waals surface area contributed by atoms with Gasteiger partial charge in [0.05, 0.1) is 0 Å². The van der Waals surface area contributed by atoms with Crippen molar-refractivity contribution in [3.05, 3.63) is 47.9 Å². The van der Waals surface area contributed by atoms with Crippen LogP contribution in [0.3, 0.4) is 0 Å². The van der Waals surface area contributed by atoms with Crippen molar-refractivity contribution in [1.29, 1.82) is 0 Å². The Bertz CT molecular complexity index is 551. The summed E-state index contributed by atoms with van der Waals surface area (Å²) in [5.41, 5.74) is 2.91. The van der Waals surface area contributed by atoms with Gasteiger partial charge < -0.3 is 10.7 Å². The molecule has 0 aliphatic carbocycles. The lowest BCUT2D eigenvalue weighted by Crippen LogP contribution is -2.08. The molecule has 0 radical (unpaired) electrons. The zero-order valence-electron chi connectivity index (χ0n) is 9.05. The minimum atomic E-state index is -1.50. The van der Waals surface area contributed by atoms with Crippen LogP contribution in [-0.2, 0) is 0 Å². The molecule has 1 aromatic carbocycles. The summed E-state index contributed by atoms with van der Waals surface area (Å²) < 4.78 is 38.7. The summed E-state index contributed by atoms with van der Waals surface area (Å²) in [4.78, 5) is 3.86. The second kappa shape index (κ2) is 4.92. The molecule has 94 valence electrons. The van der Waals surface area contributed by atoms with E-state index in [0.29, 0.717) is 11.5 Å². The summed E-state index contributed by atoms with van der Waals surface area (Å²) in [7, 11) is 0. The van der Waals surface area contributed by atoms with E-state index in [1.165, 1.54) is 12.3 Å². The summed E-state index contributed by atoms with van der Waals surface area (Å²) >= 11 is 0. The van der Waals surface area contributed by atoms with Gasteiger partial charge in [-0.15, -0.1) is 0 Å². The van der Waals surface area contributed by atoms with Crippen LogP contribution in [0.25, 0.3) is 0 Å². The first kappa shape index (κ1) is 12.2. The zero-order valence-corrected chi connectivity index (χ0v) is 9.05. The minimum Gasteiger partial charge on any atom is -0.355 e. The van der Waals surface area contributed by atoms with Crippen molar-refractivity contribution in [2.75, 3.05) is 10.7 Å².